The van der Waals surface area contributed by atoms with E-state index in [1.807, 2.05) is 0 Å². The molecule has 2 aromatic rings. The molecule has 6 nitrogen and oxygen atoms in total. The van der Waals surface area contributed by atoms with Gasteiger partial charge in [0.25, 0.3) is 0 Å². The number of halogens is 2. The zero-order chi connectivity index (χ0) is 17.6. The largest absolute Gasteiger partial charge is 0.508 e. The van der Waals surface area contributed by atoms with E-state index in [2.05, 4.69) is 4.74 Å². The minimum Gasteiger partial charge on any atom is -0.508 e. The van der Waals surface area contributed by atoms with Gasteiger partial charge in [-0.15, -0.1) is 0 Å². The first-order valence-corrected chi connectivity index (χ1v) is 6.57. The Hall–Kier alpha value is -3.29. The van der Waals surface area contributed by atoms with Crippen molar-refractivity contribution >= 4 is 17.5 Å². The number of ketones is 2. The van der Waals surface area contributed by atoms with Gasteiger partial charge in [-0.1, -0.05) is 0 Å². The molecule has 0 heterocycles. The van der Waals surface area contributed by atoms with Crippen LogP contribution in [0.2, 0.25) is 0 Å². The predicted molar refractivity (Wildman–Crippen MR) is 74.6 cm³/mol. The molecule has 0 aliphatic heterocycles. The van der Waals surface area contributed by atoms with Gasteiger partial charge in [-0.05, 0) is 36.4 Å². The van der Waals surface area contributed by atoms with Gasteiger partial charge in [0.1, 0.15) is 11.5 Å². The van der Waals surface area contributed by atoms with Crippen molar-refractivity contribution in [1.29, 1.82) is 0 Å². The zero-order valence-electron chi connectivity index (χ0n) is 11.7. The number of hydrogen-bond donors (Lipinski definition) is 2. The van der Waals surface area contributed by atoms with Crippen molar-refractivity contribution in [3.8, 4) is 11.5 Å². The Labute approximate surface area is 132 Å². The van der Waals surface area contributed by atoms with Gasteiger partial charge in [0.2, 0.25) is 0 Å². The van der Waals surface area contributed by atoms with Gasteiger partial charge in [0.05, 0.1) is 0 Å². The third-order valence-electron chi connectivity index (χ3n) is 3.47. The smallest absolute Gasteiger partial charge is 0.501 e. The average Bonchev–Trinajstić information content (AvgIpc) is 2.52. The molecule has 24 heavy (non-hydrogen) atoms. The lowest BCUT2D eigenvalue weighted by Crippen LogP contribution is -2.35. The first kappa shape index (κ1) is 15.6. The second-order valence-corrected chi connectivity index (χ2v) is 5.02. The first-order chi connectivity index (χ1) is 11.2. The number of fused-ring (bicyclic) bond motifs is 2. The van der Waals surface area contributed by atoms with E-state index in [0.717, 1.165) is 24.3 Å². The quantitative estimate of drug-likeness (QED) is 0.762. The summed E-state index contributed by atoms with van der Waals surface area (Å²) in [6, 6.07) is 6.55. The number of carbonyl (C=O) groups is 3. The second kappa shape index (κ2) is 5.12. The van der Waals surface area contributed by atoms with Crippen LogP contribution in [0.15, 0.2) is 36.4 Å². The number of aromatic hydroxyl groups is 1. The molecular weight excluding hydrogens is 326 g/mol. The molecule has 2 N–H and O–H groups in total. The molecule has 0 spiro atoms. The van der Waals surface area contributed by atoms with Crippen LogP contribution in [-0.4, -0.2) is 33.9 Å². The summed E-state index contributed by atoms with van der Waals surface area (Å²) >= 11 is 0. The monoisotopic (exact) mass is 334 g/mol. The highest BCUT2D eigenvalue weighted by molar-refractivity contribution is 6.28. The molecule has 0 saturated carbocycles. The lowest BCUT2D eigenvalue weighted by Gasteiger charge is -2.19. The maximum atomic E-state index is 13.1. The van der Waals surface area contributed by atoms with Crippen molar-refractivity contribution in [3.05, 3.63) is 58.7 Å². The number of benzene rings is 2. The molecule has 3 rings (SSSR count). The molecule has 1 aliphatic carbocycles. The summed E-state index contributed by atoms with van der Waals surface area (Å²) in [5.74, 6) is -4.43. The minimum atomic E-state index is -4.47. The van der Waals surface area contributed by atoms with E-state index < -0.39 is 29.4 Å². The van der Waals surface area contributed by atoms with E-state index >= 15 is 0 Å². The predicted octanol–water partition coefficient (Wildman–Crippen LogP) is 2.22. The standard InChI is InChI=1S/C16H8F2O6/c17-16(18,15(22)23)24-8-2-4-10-12(6-8)14(21)9-3-1-7(19)5-11(9)13(10)20/h1-6,19H,(H,22,23). The lowest BCUT2D eigenvalue weighted by atomic mass is 9.84. The molecule has 0 unspecified atom stereocenters. The Kier molecular flexibility index (Phi) is 3.33. The number of phenolic OH excluding ortho intramolecular Hbond substituents is 1. The third kappa shape index (κ3) is 2.37. The Balaban J connectivity index is 2.06. The minimum absolute atomic E-state index is 0.00275. The average molecular weight is 334 g/mol. The van der Waals surface area contributed by atoms with Gasteiger partial charge in [0.15, 0.2) is 11.6 Å². The maximum Gasteiger partial charge on any atom is 0.501 e. The van der Waals surface area contributed by atoms with Crippen molar-refractivity contribution in [1.82, 2.24) is 0 Å². The fourth-order valence-corrected chi connectivity index (χ4v) is 2.37. The molecule has 0 atom stereocenters. The molecule has 8 heteroatoms. The second-order valence-electron chi connectivity index (χ2n) is 5.02. The van der Waals surface area contributed by atoms with Gasteiger partial charge in [0, 0.05) is 22.3 Å². The van der Waals surface area contributed by atoms with E-state index in [1.54, 1.807) is 0 Å². The summed E-state index contributed by atoms with van der Waals surface area (Å²) in [6.07, 6.45) is -4.47. The summed E-state index contributed by atoms with van der Waals surface area (Å²) in [4.78, 5) is 35.2. The molecule has 0 amide bonds. The van der Waals surface area contributed by atoms with Crippen LogP contribution < -0.4 is 4.74 Å². The third-order valence-corrected chi connectivity index (χ3v) is 3.47. The van der Waals surface area contributed by atoms with Crippen LogP contribution in [0.4, 0.5) is 8.78 Å². The first-order valence-electron chi connectivity index (χ1n) is 6.57. The maximum absolute atomic E-state index is 13.1. The van der Waals surface area contributed by atoms with E-state index in [0.29, 0.717) is 0 Å². The molecule has 0 fully saturated rings. The van der Waals surface area contributed by atoms with Crippen molar-refractivity contribution in [2.75, 3.05) is 0 Å². The number of carbonyl (C=O) groups excluding carboxylic acids is 2. The van der Waals surface area contributed by atoms with Gasteiger partial charge < -0.3 is 14.9 Å². The molecule has 0 bridgehead atoms. The van der Waals surface area contributed by atoms with E-state index in [1.165, 1.54) is 12.1 Å². The number of alkyl halides is 2. The Morgan fingerprint density at radius 3 is 2.04 bits per heavy atom. The van der Waals surface area contributed by atoms with Crippen LogP contribution in [0.3, 0.4) is 0 Å². The SMILES string of the molecule is O=C1c2ccc(OC(F)(F)C(=O)O)cc2C(=O)c2ccc(O)cc21. The van der Waals surface area contributed by atoms with Gasteiger partial charge in [-0.3, -0.25) is 9.59 Å². The van der Waals surface area contributed by atoms with E-state index in [4.69, 9.17) is 5.11 Å². The van der Waals surface area contributed by atoms with Crippen LogP contribution in [0.1, 0.15) is 31.8 Å². The number of carboxylic acid groups (broad SMARTS) is 1. The Morgan fingerprint density at radius 1 is 0.917 bits per heavy atom. The summed E-state index contributed by atoms with van der Waals surface area (Å²) in [5.41, 5.74) is -0.231. The van der Waals surface area contributed by atoms with Gasteiger partial charge in [-0.25, -0.2) is 4.79 Å². The van der Waals surface area contributed by atoms with Crippen molar-refractivity contribution in [2.45, 2.75) is 6.11 Å². The molecular formula is C16H8F2O6. The van der Waals surface area contributed by atoms with Crippen LogP contribution in [0, 0.1) is 0 Å². The molecule has 2 aromatic carbocycles. The molecule has 0 radical (unpaired) electrons. The van der Waals surface area contributed by atoms with Crippen molar-refractivity contribution < 1.29 is 38.1 Å². The lowest BCUT2D eigenvalue weighted by molar-refractivity contribution is -0.210. The highest BCUT2D eigenvalue weighted by Crippen LogP contribution is 2.32. The molecule has 1 aliphatic rings. The molecule has 122 valence electrons. The van der Waals surface area contributed by atoms with Crippen molar-refractivity contribution in [3.63, 3.8) is 0 Å². The van der Waals surface area contributed by atoms with E-state index in [-0.39, 0.29) is 28.0 Å². The fraction of sp³-hybridized carbons (Fsp3) is 0.0625. The van der Waals surface area contributed by atoms with Crippen LogP contribution in [0.5, 0.6) is 11.5 Å². The zero-order valence-corrected chi connectivity index (χ0v) is 11.7. The summed E-state index contributed by atoms with van der Waals surface area (Å²) in [6.45, 7) is 0. The fourth-order valence-electron chi connectivity index (χ4n) is 2.37. The Morgan fingerprint density at radius 2 is 1.46 bits per heavy atom. The molecule has 0 aromatic heterocycles. The van der Waals surface area contributed by atoms with Gasteiger partial charge in [-0.2, -0.15) is 8.78 Å². The summed E-state index contributed by atoms with van der Waals surface area (Å²) < 4.78 is 30.3. The number of ether oxygens (including phenoxy) is 1. The highest BCUT2D eigenvalue weighted by Gasteiger charge is 2.43. The topological polar surface area (TPSA) is 101 Å². The van der Waals surface area contributed by atoms with Crippen molar-refractivity contribution in [2.24, 2.45) is 0 Å². The van der Waals surface area contributed by atoms with Crippen LogP contribution in [-0.2, 0) is 4.79 Å². The number of carboxylic acids is 1. The summed E-state index contributed by atoms with van der Waals surface area (Å²) in [5, 5.41) is 17.8. The van der Waals surface area contributed by atoms with Crippen LogP contribution in [0.25, 0.3) is 0 Å². The number of rotatable bonds is 3. The molecule has 0 saturated heterocycles. The highest BCUT2D eigenvalue weighted by atomic mass is 19.3. The van der Waals surface area contributed by atoms with Gasteiger partial charge >= 0.3 is 12.1 Å². The van der Waals surface area contributed by atoms with E-state index in [9.17, 15) is 28.3 Å². The number of phenols is 1. The number of aliphatic carboxylic acids is 1. The van der Waals surface area contributed by atoms with Crippen LogP contribution >= 0.6 is 0 Å². The Bertz CT molecular complexity index is 903. The normalized spacial score (nSPS) is 13.2. The number of hydrogen-bond acceptors (Lipinski definition) is 5. The summed E-state index contributed by atoms with van der Waals surface area (Å²) in [7, 11) is 0.